The zero-order chi connectivity index (χ0) is 16.1. The van der Waals surface area contributed by atoms with Crippen molar-refractivity contribution in [1.82, 2.24) is 0 Å². The van der Waals surface area contributed by atoms with Crippen molar-refractivity contribution in [2.45, 2.75) is 85.5 Å². The second-order valence-electron chi connectivity index (χ2n) is 5.66. The van der Waals surface area contributed by atoms with Crippen LogP contribution in [0.3, 0.4) is 0 Å². The van der Waals surface area contributed by atoms with Crippen LogP contribution in [0.15, 0.2) is 0 Å². The third kappa shape index (κ3) is 8.69. The molecule has 0 rings (SSSR count). The molecule has 0 aliphatic carbocycles. The molecule has 21 heavy (non-hydrogen) atoms. The van der Waals surface area contributed by atoms with Crippen LogP contribution < -0.4 is 0 Å². The predicted octanol–water partition coefficient (Wildman–Crippen LogP) is 4.18. The summed E-state index contributed by atoms with van der Waals surface area (Å²) in [6, 6.07) is 0. The minimum atomic E-state index is -1.82. The van der Waals surface area contributed by atoms with Gasteiger partial charge in [-0.05, 0) is 0 Å². The van der Waals surface area contributed by atoms with Gasteiger partial charge in [-0.15, -0.1) is 0 Å². The van der Waals surface area contributed by atoms with Crippen LogP contribution in [0.5, 0.6) is 0 Å². The van der Waals surface area contributed by atoms with Crippen molar-refractivity contribution in [2.24, 2.45) is 5.41 Å². The summed E-state index contributed by atoms with van der Waals surface area (Å²) in [5.74, 6) is -0.471. The molecule has 0 amide bonds. The van der Waals surface area contributed by atoms with Gasteiger partial charge in [0, 0.05) is 0 Å². The average Bonchev–Trinajstić information content (AvgIpc) is 2.46. The molecule has 0 unspecified atom stereocenters. The summed E-state index contributed by atoms with van der Waals surface area (Å²) in [6.45, 7) is 7.79. The Balaban J connectivity index is 4.82. The molecule has 0 fully saturated rings. The molecule has 0 heterocycles. The van der Waals surface area contributed by atoms with Gasteiger partial charge < -0.3 is 0 Å². The number of hydrogen-bond acceptors (Lipinski definition) is 4. The molecule has 0 aromatic rings. The van der Waals surface area contributed by atoms with Crippen LogP contribution in [0.2, 0.25) is 0 Å². The Kier molecular flexibility index (Phi) is 12.1. The second kappa shape index (κ2) is 12.3. The Morgan fingerprint density at radius 3 is 1.62 bits per heavy atom. The fourth-order valence-corrected chi connectivity index (χ4v) is 3.74. The number of unbranched alkanes of at least 4 members (excludes halogenated alkanes) is 3. The van der Waals surface area contributed by atoms with E-state index in [1.54, 1.807) is 0 Å². The van der Waals surface area contributed by atoms with E-state index in [1.165, 1.54) is 6.92 Å². The molecule has 0 bridgehead atoms. The van der Waals surface area contributed by atoms with Gasteiger partial charge in [-0.3, -0.25) is 0 Å². The van der Waals surface area contributed by atoms with E-state index in [0.717, 1.165) is 57.8 Å². The van der Waals surface area contributed by atoms with E-state index in [2.05, 4.69) is 20.8 Å². The van der Waals surface area contributed by atoms with Crippen molar-refractivity contribution in [3.8, 4) is 0 Å². The van der Waals surface area contributed by atoms with Crippen LogP contribution >= 0.6 is 0 Å². The topological polar surface area (TPSA) is 52.6 Å². The first kappa shape index (κ1) is 20.7. The van der Waals surface area contributed by atoms with E-state index in [-0.39, 0.29) is 17.4 Å². The molecule has 4 nitrogen and oxygen atoms in total. The van der Waals surface area contributed by atoms with E-state index in [1.807, 2.05) is 0 Å². The molecule has 5 heteroatoms. The van der Waals surface area contributed by atoms with Crippen molar-refractivity contribution >= 4 is 33.9 Å². The average molecular weight is 405 g/mol. The van der Waals surface area contributed by atoms with Crippen molar-refractivity contribution in [3.05, 3.63) is 0 Å². The predicted molar refractivity (Wildman–Crippen MR) is 84.6 cm³/mol. The first-order valence-corrected chi connectivity index (χ1v) is 10.5. The van der Waals surface area contributed by atoms with Crippen LogP contribution in [0.25, 0.3) is 0 Å². The molecule has 0 aliphatic heterocycles. The summed E-state index contributed by atoms with van der Waals surface area (Å²) in [6.07, 6.45) is 9.04. The zero-order valence-electron chi connectivity index (χ0n) is 14.0. The Bertz CT molecular complexity index is 283. The summed E-state index contributed by atoms with van der Waals surface area (Å²) in [7, 11) is 0. The number of rotatable bonds is 12. The Labute approximate surface area is 140 Å². The zero-order valence-corrected chi connectivity index (χ0v) is 16.9. The second-order valence-corrected chi connectivity index (χ2v) is 7.30. The summed E-state index contributed by atoms with van der Waals surface area (Å²) in [5, 5.41) is 0. The van der Waals surface area contributed by atoms with Gasteiger partial charge in [-0.25, -0.2) is 0 Å². The SMILES string of the molecule is CCCCC(CCCC)(CCCC)C(=O)[O][Sn][O]C(C)=O. The molecule has 0 aromatic heterocycles. The molecule has 0 saturated carbocycles. The minimum absolute atomic E-state index is 0.120. The van der Waals surface area contributed by atoms with Gasteiger partial charge in [0.15, 0.2) is 0 Å². The molecule has 0 aromatic carbocycles. The first-order valence-electron chi connectivity index (χ1n) is 8.16. The number of hydrogen-bond donors (Lipinski definition) is 0. The van der Waals surface area contributed by atoms with E-state index in [4.69, 9.17) is 6.15 Å². The van der Waals surface area contributed by atoms with Gasteiger partial charge in [0.1, 0.15) is 0 Å². The van der Waals surface area contributed by atoms with Gasteiger partial charge in [0.25, 0.3) is 0 Å². The molecule has 0 aliphatic rings. The van der Waals surface area contributed by atoms with Crippen molar-refractivity contribution in [2.75, 3.05) is 0 Å². The Hall–Kier alpha value is -0.261. The summed E-state index contributed by atoms with van der Waals surface area (Å²) >= 11 is -1.82. The molecule has 0 N–H and O–H groups in total. The summed E-state index contributed by atoms with van der Waals surface area (Å²) < 4.78 is 10.3. The fraction of sp³-hybridized carbons (Fsp3) is 0.875. The van der Waals surface area contributed by atoms with Crippen LogP contribution in [-0.2, 0) is 15.7 Å². The molecule has 122 valence electrons. The van der Waals surface area contributed by atoms with Gasteiger partial charge >= 0.3 is 141 Å². The monoisotopic (exact) mass is 406 g/mol. The van der Waals surface area contributed by atoms with Crippen LogP contribution in [-0.4, -0.2) is 33.9 Å². The Morgan fingerprint density at radius 1 is 0.857 bits per heavy atom. The van der Waals surface area contributed by atoms with Crippen LogP contribution in [0.4, 0.5) is 0 Å². The molecule has 0 saturated heterocycles. The van der Waals surface area contributed by atoms with E-state index < -0.39 is 22.0 Å². The number of carbonyl (C=O) groups excluding carboxylic acids is 2. The number of carbonyl (C=O) groups is 2. The molecule has 0 atom stereocenters. The fourth-order valence-electron chi connectivity index (χ4n) is 2.45. The van der Waals surface area contributed by atoms with Gasteiger partial charge in [0.05, 0.1) is 0 Å². The summed E-state index contributed by atoms with van der Waals surface area (Å²) in [4.78, 5) is 23.4. The van der Waals surface area contributed by atoms with Crippen molar-refractivity contribution in [3.63, 3.8) is 0 Å². The third-order valence-corrected chi connectivity index (χ3v) is 5.60. The Morgan fingerprint density at radius 2 is 1.29 bits per heavy atom. The van der Waals surface area contributed by atoms with Crippen LogP contribution in [0, 0.1) is 5.41 Å². The van der Waals surface area contributed by atoms with Crippen molar-refractivity contribution in [1.29, 1.82) is 0 Å². The summed E-state index contributed by atoms with van der Waals surface area (Å²) in [5.41, 5.74) is -0.358. The quantitative estimate of drug-likeness (QED) is 0.457. The first-order chi connectivity index (χ1) is 10.0. The standard InChI is InChI=1S/C14H28O2.C2H4O2.Sn/c1-4-7-10-14(13(15)16,11-8-5-2)12-9-6-3;1-2(3)4;/h4-12H2,1-3H3,(H,15,16);1H3,(H,3,4);/q;;+2/p-2. The van der Waals surface area contributed by atoms with E-state index in [0.29, 0.717) is 0 Å². The van der Waals surface area contributed by atoms with Crippen LogP contribution in [0.1, 0.15) is 85.5 Å². The molecule has 0 spiro atoms. The molecule has 2 radical (unpaired) electrons. The van der Waals surface area contributed by atoms with E-state index in [9.17, 15) is 9.59 Å². The molecular formula is C16H30O4Sn. The van der Waals surface area contributed by atoms with Gasteiger partial charge in [-0.1, -0.05) is 0 Å². The van der Waals surface area contributed by atoms with Gasteiger partial charge in [0.2, 0.25) is 0 Å². The van der Waals surface area contributed by atoms with E-state index >= 15 is 0 Å². The normalized spacial score (nSPS) is 11.2. The molecular weight excluding hydrogens is 375 g/mol. The maximum atomic E-state index is 12.6. The third-order valence-electron chi connectivity index (χ3n) is 3.78. The maximum absolute atomic E-state index is 12.6. The van der Waals surface area contributed by atoms with Gasteiger partial charge in [-0.2, -0.15) is 0 Å². The van der Waals surface area contributed by atoms with Crippen molar-refractivity contribution < 1.29 is 15.7 Å².